The van der Waals surface area contributed by atoms with Crippen LogP contribution in [0, 0.1) is 16.7 Å². The Balaban J connectivity index is 1.10. The lowest BCUT2D eigenvalue weighted by atomic mass is 9.34. The van der Waals surface area contributed by atoms with Crippen LogP contribution in [0.5, 0.6) is 0 Å². The number of nitrogens with one attached hydrogen (secondary N) is 1. The standard InChI is InChI=1S/C25H23F3N6O2/c1-22(6-7-22)34-21(30)16(10-29)20(32-34)15-4-2-14(3-5-15)8-18(35)31-19-9-17(33-36-19)23-11-24(12-23,13-23)25(26,27)28/h2-5,9H,6-8,11-13,30H2,1H3,(H,31,35). The minimum absolute atomic E-state index is 0.0203. The van der Waals surface area contributed by atoms with Crippen molar-refractivity contribution in [1.29, 1.82) is 5.26 Å². The highest BCUT2D eigenvalue weighted by Gasteiger charge is 2.79. The third-order valence-electron chi connectivity index (χ3n) is 8.06. The Morgan fingerprint density at radius 3 is 2.50 bits per heavy atom. The van der Waals surface area contributed by atoms with E-state index in [0.717, 1.165) is 24.0 Å². The average molecular weight is 496 g/mol. The third kappa shape index (κ3) is 3.23. The van der Waals surface area contributed by atoms with E-state index < -0.39 is 17.0 Å². The van der Waals surface area contributed by atoms with Gasteiger partial charge in [-0.05, 0) is 44.6 Å². The zero-order valence-corrected chi connectivity index (χ0v) is 19.4. The topological polar surface area (TPSA) is 123 Å². The molecule has 186 valence electrons. The second-order valence-electron chi connectivity index (χ2n) is 10.7. The van der Waals surface area contributed by atoms with E-state index in [4.69, 9.17) is 10.3 Å². The summed E-state index contributed by atoms with van der Waals surface area (Å²) in [5.74, 6) is 0.128. The summed E-state index contributed by atoms with van der Waals surface area (Å²) >= 11 is 0. The van der Waals surface area contributed by atoms with Gasteiger partial charge in [0.1, 0.15) is 23.1 Å². The fraction of sp³-hybridized carbons (Fsp3) is 0.440. The first-order valence-corrected chi connectivity index (χ1v) is 11.7. The van der Waals surface area contributed by atoms with Crippen LogP contribution in [0.4, 0.5) is 24.9 Å². The van der Waals surface area contributed by atoms with Crippen molar-refractivity contribution in [2.24, 2.45) is 5.41 Å². The number of aromatic nitrogens is 3. The molecule has 4 aliphatic carbocycles. The molecule has 4 aliphatic rings. The first kappa shape index (κ1) is 22.6. The molecule has 7 rings (SSSR count). The van der Waals surface area contributed by atoms with E-state index in [2.05, 4.69) is 21.6 Å². The van der Waals surface area contributed by atoms with Crippen molar-refractivity contribution in [3.05, 3.63) is 47.2 Å². The van der Waals surface area contributed by atoms with E-state index in [9.17, 15) is 23.2 Å². The molecule has 0 unspecified atom stereocenters. The summed E-state index contributed by atoms with van der Waals surface area (Å²) < 4.78 is 46.2. The Hall–Kier alpha value is -3.81. The van der Waals surface area contributed by atoms with Crippen molar-refractivity contribution in [3.63, 3.8) is 0 Å². The van der Waals surface area contributed by atoms with Gasteiger partial charge in [-0.25, -0.2) is 4.68 Å². The molecule has 2 heterocycles. The van der Waals surface area contributed by atoms with Crippen LogP contribution in [0.3, 0.4) is 0 Å². The summed E-state index contributed by atoms with van der Waals surface area (Å²) in [4.78, 5) is 12.5. The highest BCUT2D eigenvalue weighted by molar-refractivity contribution is 5.91. The van der Waals surface area contributed by atoms with Gasteiger partial charge in [0.2, 0.25) is 11.8 Å². The first-order valence-electron chi connectivity index (χ1n) is 11.7. The highest BCUT2D eigenvalue weighted by Crippen LogP contribution is 2.78. The number of alkyl halides is 3. The maximum Gasteiger partial charge on any atom is 0.394 e. The number of nitrogens with zero attached hydrogens (tertiary/aromatic N) is 4. The number of nitriles is 1. The fourth-order valence-corrected chi connectivity index (χ4v) is 5.64. The molecule has 0 spiro atoms. The Morgan fingerprint density at radius 1 is 1.25 bits per heavy atom. The Kier molecular flexibility index (Phi) is 4.48. The van der Waals surface area contributed by atoms with Crippen molar-refractivity contribution in [3.8, 4) is 17.3 Å². The number of halogens is 3. The number of rotatable bonds is 6. The van der Waals surface area contributed by atoms with Crippen LogP contribution in [0.25, 0.3) is 11.3 Å². The summed E-state index contributed by atoms with van der Waals surface area (Å²) in [6.45, 7) is 2.05. The number of nitrogen functional groups attached to an aromatic ring is 1. The van der Waals surface area contributed by atoms with Crippen LogP contribution in [-0.4, -0.2) is 27.0 Å². The van der Waals surface area contributed by atoms with Gasteiger partial charge in [0.15, 0.2) is 0 Å². The van der Waals surface area contributed by atoms with E-state index in [1.807, 2.05) is 6.92 Å². The lowest BCUT2D eigenvalue weighted by molar-refractivity contribution is -0.338. The predicted octanol–water partition coefficient (Wildman–Crippen LogP) is 4.67. The number of benzene rings is 1. The second-order valence-corrected chi connectivity index (χ2v) is 10.7. The van der Waals surface area contributed by atoms with Gasteiger partial charge in [-0.15, -0.1) is 0 Å². The zero-order valence-electron chi connectivity index (χ0n) is 19.4. The molecule has 1 amide bonds. The van der Waals surface area contributed by atoms with Crippen LogP contribution < -0.4 is 11.1 Å². The fourth-order valence-electron chi connectivity index (χ4n) is 5.64. The largest absolute Gasteiger partial charge is 0.394 e. The molecule has 36 heavy (non-hydrogen) atoms. The highest BCUT2D eigenvalue weighted by atomic mass is 19.4. The van der Waals surface area contributed by atoms with E-state index in [-0.39, 0.29) is 43.0 Å². The number of hydrogen-bond acceptors (Lipinski definition) is 6. The van der Waals surface area contributed by atoms with Crippen LogP contribution in [0.15, 0.2) is 34.9 Å². The molecule has 2 bridgehead atoms. The quantitative estimate of drug-likeness (QED) is 0.512. The van der Waals surface area contributed by atoms with Gasteiger partial charge in [0, 0.05) is 17.0 Å². The Bertz CT molecular complexity index is 1410. The maximum atomic E-state index is 13.1. The number of nitrogens with two attached hydrogens (primary N) is 1. The van der Waals surface area contributed by atoms with E-state index >= 15 is 0 Å². The van der Waals surface area contributed by atoms with Gasteiger partial charge >= 0.3 is 6.18 Å². The lowest BCUT2D eigenvalue weighted by Crippen LogP contribution is -2.70. The number of hydrogen-bond donors (Lipinski definition) is 2. The van der Waals surface area contributed by atoms with Gasteiger partial charge in [0.05, 0.1) is 23.1 Å². The van der Waals surface area contributed by atoms with Gasteiger partial charge in [-0.3, -0.25) is 10.1 Å². The van der Waals surface area contributed by atoms with Gasteiger partial charge in [0.25, 0.3) is 0 Å². The molecule has 8 nitrogen and oxygen atoms in total. The normalized spacial score (nSPS) is 25.4. The van der Waals surface area contributed by atoms with Gasteiger partial charge in [-0.1, -0.05) is 29.4 Å². The molecule has 0 atom stereocenters. The molecule has 4 fully saturated rings. The Morgan fingerprint density at radius 2 is 1.92 bits per heavy atom. The SMILES string of the molecule is CC1(n2nc(-c3ccc(CC(=O)Nc4cc(C56CC(C(F)(F)F)(C5)C6)no4)cc3)c(C#N)c2N)CC1. The molecule has 2 aromatic heterocycles. The lowest BCUT2D eigenvalue weighted by Gasteiger charge is -2.69. The van der Waals surface area contributed by atoms with E-state index in [0.29, 0.717) is 22.8 Å². The predicted molar refractivity (Wildman–Crippen MR) is 123 cm³/mol. The molecule has 0 aliphatic heterocycles. The van der Waals surface area contributed by atoms with Crippen molar-refractivity contribution in [1.82, 2.24) is 14.9 Å². The van der Waals surface area contributed by atoms with E-state index in [1.54, 1.807) is 28.9 Å². The first-order chi connectivity index (χ1) is 17.0. The van der Waals surface area contributed by atoms with Crippen molar-refractivity contribution in [2.75, 3.05) is 11.1 Å². The molecule has 11 heteroatoms. The van der Waals surface area contributed by atoms with Crippen molar-refractivity contribution >= 4 is 17.6 Å². The van der Waals surface area contributed by atoms with Crippen LogP contribution in [0.1, 0.15) is 55.8 Å². The molecule has 1 aromatic carbocycles. The number of anilines is 2. The minimum Gasteiger partial charge on any atom is -0.383 e. The summed E-state index contributed by atoms with van der Waals surface area (Å²) in [5.41, 5.74) is 6.61. The van der Waals surface area contributed by atoms with Crippen LogP contribution >= 0.6 is 0 Å². The van der Waals surface area contributed by atoms with E-state index in [1.165, 1.54) is 6.07 Å². The number of carbonyl (C=O) groups excluding carboxylic acids is 1. The molecular weight excluding hydrogens is 473 g/mol. The van der Waals surface area contributed by atoms with Gasteiger partial charge in [-0.2, -0.15) is 23.5 Å². The van der Waals surface area contributed by atoms with Crippen LogP contribution in [-0.2, 0) is 22.2 Å². The monoisotopic (exact) mass is 496 g/mol. The van der Waals surface area contributed by atoms with Crippen molar-refractivity contribution in [2.45, 2.75) is 62.6 Å². The molecule has 0 saturated heterocycles. The smallest absolute Gasteiger partial charge is 0.383 e. The molecule has 3 aromatic rings. The number of carbonyl (C=O) groups is 1. The van der Waals surface area contributed by atoms with Crippen molar-refractivity contribution < 1.29 is 22.5 Å². The summed E-state index contributed by atoms with van der Waals surface area (Å²) in [6.07, 6.45) is -2.16. The summed E-state index contributed by atoms with van der Waals surface area (Å²) in [6, 6.07) is 10.8. The average Bonchev–Trinajstić information content (AvgIpc) is 3.17. The summed E-state index contributed by atoms with van der Waals surface area (Å²) in [5, 5.41) is 20.7. The molecular formula is C25H23F3N6O2. The molecule has 0 radical (unpaired) electrons. The molecule has 4 saturated carbocycles. The Labute approximate surface area is 204 Å². The zero-order chi connectivity index (χ0) is 25.5. The third-order valence-corrected chi connectivity index (χ3v) is 8.06. The molecule has 3 N–H and O–H groups in total. The second kappa shape index (κ2) is 7.12. The minimum atomic E-state index is -4.19. The van der Waals surface area contributed by atoms with Gasteiger partial charge < -0.3 is 10.3 Å². The van der Waals surface area contributed by atoms with Crippen LogP contribution in [0.2, 0.25) is 0 Å². The number of amides is 1. The maximum absolute atomic E-state index is 13.1. The summed E-state index contributed by atoms with van der Waals surface area (Å²) in [7, 11) is 0.